The van der Waals surface area contributed by atoms with Crippen molar-refractivity contribution in [1.82, 2.24) is 14.6 Å². The summed E-state index contributed by atoms with van der Waals surface area (Å²) in [5.74, 6) is 0. The van der Waals surface area contributed by atoms with Gasteiger partial charge in [-0.1, -0.05) is 0 Å². The summed E-state index contributed by atoms with van der Waals surface area (Å²) in [6, 6.07) is 1.85. The summed E-state index contributed by atoms with van der Waals surface area (Å²) in [4.78, 5) is 4.30. The number of nitrogens with zero attached hydrogens (tertiary/aromatic N) is 3. The fourth-order valence-electron chi connectivity index (χ4n) is 1.49. The van der Waals surface area contributed by atoms with Gasteiger partial charge in [0.15, 0.2) is 5.65 Å². The molecule has 17 heavy (non-hydrogen) atoms. The number of aromatic nitrogens is 3. The van der Waals surface area contributed by atoms with Crippen molar-refractivity contribution in [2.45, 2.75) is 26.4 Å². The van der Waals surface area contributed by atoms with Crippen LogP contribution in [0.2, 0.25) is 0 Å². The van der Waals surface area contributed by atoms with Crippen LogP contribution in [0.1, 0.15) is 19.5 Å². The maximum absolute atomic E-state index is 9.71. The van der Waals surface area contributed by atoms with Crippen LogP contribution >= 0.6 is 15.9 Å². The Morgan fingerprint density at radius 1 is 1.53 bits per heavy atom. The van der Waals surface area contributed by atoms with Gasteiger partial charge in [0.1, 0.15) is 4.60 Å². The summed E-state index contributed by atoms with van der Waals surface area (Å²) in [5.41, 5.74) is 1.80. The molecule has 2 aromatic heterocycles. The van der Waals surface area contributed by atoms with Crippen LogP contribution in [0.4, 0.5) is 5.69 Å². The number of nitrogens with one attached hydrogen (secondary N) is 1. The Kier molecular flexibility index (Phi) is 3.09. The summed E-state index contributed by atoms with van der Waals surface area (Å²) in [7, 11) is 0. The van der Waals surface area contributed by atoms with Crippen molar-refractivity contribution < 1.29 is 5.11 Å². The minimum absolute atomic E-state index is 0.449. The number of fused-ring (bicyclic) bond motifs is 1. The SMILES string of the molecule is Cc1cnc2c(NCC(C)(C)O)cc(Br)nn12. The normalized spacial score (nSPS) is 12.1. The van der Waals surface area contributed by atoms with Gasteiger partial charge in [0, 0.05) is 6.54 Å². The molecule has 0 aliphatic heterocycles. The number of hydrogen-bond donors (Lipinski definition) is 2. The fraction of sp³-hybridized carbons (Fsp3) is 0.455. The third-order valence-electron chi connectivity index (χ3n) is 2.32. The zero-order valence-electron chi connectivity index (χ0n) is 10.0. The highest BCUT2D eigenvalue weighted by Crippen LogP contribution is 2.20. The van der Waals surface area contributed by atoms with Gasteiger partial charge in [-0.25, -0.2) is 9.50 Å². The third kappa shape index (κ3) is 2.76. The number of aliphatic hydroxyl groups is 1. The van der Waals surface area contributed by atoms with Crippen LogP contribution in [0.3, 0.4) is 0 Å². The van der Waals surface area contributed by atoms with Gasteiger partial charge < -0.3 is 10.4 Å². The van der Waals surface area contributed by atoms with E-state index >= 15 is 0 Å². The molecule has 92 valence electrons. The smallest absolute Gasteiger partial charge is 0.177 e. The molecule has 0 unspecified atom stereocenters. The predicted octanol–water partition coefficient (Wildman–Crippen LogP) is 1.98. The molecule has 0 aromatic carbocycles. The number of rotatable bonds is 3. The van der Waals surface area contributed by atoms with Gasteiger partial charge in [-0.3, -0.25) is 0 Å². The largest absolute Gasteiger partial charge is 0.389 e. The van der Waals surface area contributed by atoms with Crippen LogP contribution < -0.4 is 5.32 Å². The van der Waals surface area contributed by atoms with Crippen molar-refractivity contribution in [1.29, 1.82) is 0 Å². The number of anilines is 1. The molecule has 0 amide bonds. The van der Waals surface area contributed by atoms with Crippen LogP contribution in [0.15, 0.2) is 16.9 Å². The molecule has 0 aliphatic rings. The van der Waals surface area contributed by atoms with Crippen molar-refractivity contribution in [2.24, 2.45) is 0 Å². The minimum Gasteiger partial charge on any atom is -0.389 e. The molecule has 2 heterocycles. The molecule has 0 atom stereocenters. The molecule has 2 aromatic rings. The van der Waals surface area contributed by atoms with Gasteiger partial charge in [-0.2, -0.15) is 5.10 Å². The summed E-state index contributed by atoms with van der Waals surface area (Å²) >= 11 is 3.36. The van der Waals surface area contributed by atoms with Crippen molar-refractivity contribution in [3.63, 3.8) is 0 Å². The Balaban J connectivity index is 2.39. The number of aryl methyl sites for hydroxylation is 1. The standard InChI is InChI=1S/C11H15BrN4O/c1-7-5-13-10-8(14-6-11(2,3)17)4-9(12)15-16(7)10/h4-5,14,17H,6H2,1-3H3. The average molecular weight is 299 g/mol. The molecule has 6 heteroatoms. The summed E-state index contributed by atoms with van der Waals surface area (Å²) in [6.07, 6.45) is 1.77. The molecular formula is C11H15BrN4O. The molecule has 0 fully saturated rings. The lowest BCUT2D eigenvalue weighted by molar-refractivity contribution is 0.0945. The lowest BCUT2D eigenvalue weighted by atomic mass is 10.1. The minimum atomic E-state index is -0.769. The van der Waals surface area contributed by atoms with Gasteiger partial charge in [-0.05, 0) is 42.8 Å². The van der Waals surface area contributed by atoms with E-state index in [0.717, 1.165) is 21.6 Å². The third-order valence-corrected chi connectivity index (χ3v) is 2.71. The van der Waals surface area contributed by atoms with Gasteiger partial charge >= 0.3 is 0 Å². The summed E-state index contributed by atoms with van der Waals surface area (Å²) < 4.78 is 2.49. The first kappa shape index (κ1) is 12.3. The van der Waals surface area contributed by atoms with Crippen LogP contribution in [0.25, 0.3) is 5.65 Å². The van der Waals surface area contributed by atoms with Crippen LogP contribution in [-0.4, -0.2) is 31.9 Å². The number of imidazole rings is 1. The van der Waals surface area contributed by atoms with E-state index in [-0.39, 0.29) is 0 Å². The Labute approximate surface area is 108 Å². The Morgan fingerprint density at radius 2 is 2.24 bits per heavy atom. The molecule has 0 saturated heterocycles. The average Bonchev–Trinajstić information content (AvgIpc) is 2.56. The van der Waals surface area contributed by atoms with Crippen molar-refractivity contribution in [3.8, 4) is 0 Å². The second-order valence-corrected chi connectivity index (χ2v) is 5.49. The lowest BCUT2D eigenvalue weighted by Gasteiger charge is -2.18. The second-order valence-electron chi connectivity index (χ2n) is 4.68. The summed E-state index contributed by atoms with van der Waals surface area (Å²) in [6.45, 7) is 5.90. The highest BCUT2D eigenvalue weighted by atomic mass is 79.9. The number of halogens is 1. The molecule has 0 aliphatic carbocycles. The van der Waals surface area contributed by atoms with E-state index in [4.69, 9.17) is 0 Å². The van der Waals surface area contributed by atoms with Crippen LogP contribution in [0, 0.1) is 6.92 Å². The number of hydrogen-bond acceptors (Lipinski definition) is 4. The predicted molar refractivity (Wildman–Crippen MR) is 70.2 cm³/mol. The Hall–Kier alpha value is -1.14. The molecular weight excluding hydrogens is 284 g/mol. The molecule has 0 bridgehead atoms. The second kappa shape index (κ2) is 4.27. The Morgan fingerprint density at radius 3 is 2.88 bits per heavy atom. The highest BCUT2D eigenvalue weighted by molar-refractivity contribution is 9.10. The van der Waals surface area contributed by atoms with Crippen molar-refractivity contribution >= 4 is 27.3 Å². The maximum atomic E-state index is 9.71. The van der Waals surface area contributed by atoms with E-state index in [1.54, 1.807) is 24.6 Å². The van der Waals surface area contributed by atoms with E-state index in [0.29, 0.717) is 6.54 Å². The molecule has 2 rings (SSSR count). The highest BCUT2D eigenvalue weighted by Gasteiger charge is 2.14. The lowest BCUT2D eigenvalue weighted by Crippen LogP contribution is -2.29. The quantitative estimate of drug-likeness (QED) is 0.910. The first-order valence-corrected chi connectivity index (χ1v) is 6.13. The summed E-state index contributed by atoms with van der Waals surface area (Å²) in [5, 5.41) is 17.2. The zero-order valence-corrected chi connectivity index (χ0v) is 11.6. The van der Waals surface area contributed by atoms with E-state index in [2.05, 4.69) is 31.3 Å². The topological polar surface area (TPSA) is 62.5 Å². The van der Waals surface area contributed by atoms with Crippen molar-refractivity contribution in [3.05, 3.63) is 22.6 Å². The fourth-order valence-corrected chi connectivity index (χ4v) is 1.88. The molecule has 0 radical (unpaired) electrons. The molecule has 2 N–H and O–H groups in total. The van der Waals surface area contributed by atoms with Crippen molar-refractivity contribution in [2.75, 3.05) is 11.9 Å². The first-order valence-electron chi connectivity index (χ1n) is 5.34. The van der Waals surface area contributed by atoms with Gasteiger partial charge in [0.05, 0.1) is 23.2 Å². The van der Waals surface area contributed by atoms with Crippen LogP contribution in [-0.2, 0) is 0 Å². The zero-order chi connectivity index (χ0) is 12.6. The van der Waals surface area contributed by atoms with E-state index in [1.165, 1.54) is 0 Å². The monoisotopic (exact) mass is 298 g/mol. The van der Waals surface area contributed by atoms with Gasteiger partial charge in [-0.15, -0.1) is 0 Å². The van der Waals surface area contributed by atoms with Gasteiger partial charge in [0.25, 0.3) is 0 Å². The molecule has 5 nitrogen and oxygen atoms in total. The van der Waals surface area contributed by atoms with Gasteiger partial charge in [0.2, 0.25) is 0 Å². The molecule has 0 saturated carbocycles. The van der Waals surface area contributed by atoms with E-state index in [9.17, 15) is 5.11 Å². The van der Waals surface area contributed by atoms with E-state index in [1.807, 2.05) is 13.0 Å². The molecule has 0 spiro atoms. The van der Waals surface area contributed by atoms with Crippen LogP contribution in [0.5, 0.6) is 0 Å². The maximum Gasteiger partial charge on any atom is 0.177 e. The Bertz CT molecular complexity index is 544. The first-order chi connectivity index (χ1) is 7.87. The van der Waals surface area contributed by atoms with E-state index < -0.39 is 5.60 Å².